The molecule has 172 valence electrons. The molecule has 0 radical (unpaired) electrons. The van der Waals surface area contributed by atoms with Gasteiger partial charge in [0, 0.05) is 39.8 Å². The van der Waals surface area contributed by atoms with Crippen molar-refractivity contribution in [1.82, 2.24) is 4.98 Å². The summed E-state index contributed by atoms with van der Waals surface area (Å²) in [4.78, 5) is 9.79. The number of hydrogen-bond acceptors (Lipinski definition) is 4. The van der Waals surface area contributed by atoms with Crippen LogP contribution in [0.5, 0.6) is 0 Å². The van der Waals surface area contributed by atoms with Gasteiger partial charge in [-0.1, -0.05) is 52.8 Å². The maximum Gasteiger partial charge on any atom is 0.227 e. The molecule has 0 saturated carbocycles. The molecule has 33 heavy (non-hydrogen) atoms. The summed E-state index contributed by atoms with van der Waals surface area (Å²) in [7, 11) is 0. The Balaban J connectivity index is 1.74. The zero-order valence-electron chi connectivity index (χ0n) is 20.8. The molecule has 0 spiro atoms. The van der Waals surface area contributed by atoms with Gasteiger partial charge in [-0.2, -0.15) is 0 Å². The number of furan rings is 1. The molecule has 3 atom stereocenters. The number of para-hydroxylation sites is 1. The van der Waals surface area contributed by atoms with Crippen molar-refractivity contribution in [1.29, 1.82) is 0 Å². The standard InChI is InChI=1S/C29H35N3O/c1-18(2)26-20(4)31(28(29(5,6)7)32(26)21-12-9-8-10-13-21)24-17-23-22-14-11-15-30-27(22)33-25(23)16-19(24)3/h8-18,20,26,28H,1-7H3/t20-,26?,28?/m0/s1. The number of benzene rings is 2. The van der Waals surface area contributed by atoms with E-state index in [0.717, 1.165) is 16.4 Å². The van der Waals surface area contributed by atoms with E-state index in [-0.39, 0.29) is 11.6 Å². The number of nitrogens with zero attached hydrogens (tertiary/aromatic N) is 3. The quantitative estimate of drug-likeness (QED) is 0.331. The molecule has 2 aromatic heterocycles. The van der Waals surface area contributed by atoms with Crippen LogP contribution in [-0.2, 0) is 0 Å². The van der Waals surface area contributed by atoms with Crippen molar-refractivity contribution >= 4 is 33.4 Å². The van der Waals surface area contributed by atoms with Crippen LogP contribution < -0.4 is 9.80 Å². The smallest absolute Gasteiger partial charge is 0.227 e. The number of rotatable bonds is 3. The number of aromatic nitrogens is 1. The van der Waals surface area contributed by atoms with Crippen LogP contribution in [0, 0.1) is 18.3 Å². The van der Waals surface area contributed by atoms with Crippen LogP contribution in [0.2, 0.25) is 0 Å². The summed E-state index contributed by atoms with van der Waals surface area (Å²) in [5.74, 6) is 0.512. The van der Waals surface area contributed by atoms with E-state index in [9.17, 15) is 0 Å². The average Bonchev–Trinajstić information content (AvgIpc) is 3.28. The lowest BCUT2D eigenvalue weighted by atomic mass is 9.89. The van der Waals surface area contributed by atoms with E-state index in [2.05, 4.69) is 112 Å². The normalized spacial score (nSPS) is 21.6. The fraction of sp³-hybridized carbons (Fsp3) is 0.414. The Kier molecular flexibility index (Phi) is 5.15. The number of hydrogen-bond donors (Lipinski definition) is 0. The van der Waals surface area contributed by atoms with E-state index < -0.39 is 0 Å². The van der Waals surface area contributed by atoms with Crippen LogP contribution in [0.15, 0.2) is 65.2 Å². The van der Waals surface area contributed by atoms with Gasteiger partial charge in [0.05, 0.1) is 6.04 Å². The van der Waals surface area contributed by atoms with Crippen LogP contribution in [0.4, 0.5) is 11.4 Å². The fourth-order valence-electron chi connectivity index (χ4n) is 5.92. The maximum atomic E-state index is 6.08. The summed E-state index contributed by atoms with van der Waals surface area (Å²) in [5, 5.41) is 2.21. The van der Waals surface area contributed by atoms with Crippen molar-refractivity contribution < 1.29 is 4.42 Å². The van der Waals surface area contributed by atoms with E-state index >= 15 is 0 Å². The van der Waals surface area contributed by atoms with Gasteiger partial charge in [0.2, 0.25) is 5.71 Å². The molecule has 0 amide bonds. The van der Waals surface area contributed by atoms with Crippen molar-refractivity contribution in [3.63, 3.8) is 0 Å². The molecule has 0 aliphatic carbocycles. The first-order valence-electron chi connectivity index (χ1n) is 12.1. The highest BCUT2D eigenvalue weighted by Gasteiger charge is 2.51. The van der Waals surface area contributed by atoms with E-state index in [4.69, 9.17) is 4.42 Å². The van der Waals surface area contributed by atoms with Crippen LogP contribution in [0.25, 0.3) is 22.1 Å². The predicted octanol–water partition coefficient (Wildman–Crippen LogP) is 7.40. The van der Waals surface area contributed by atoms with Gasteiger partial charge in [-0.3, -0.25) is 0 Å². The highest BCUT2D eigenvalue weighted by Crippen LogP contribution is 2.46. The number of anilines is 2. The second kappa shape index (κ2) is 7.79. The molecule has 1 fully saturated rings. The third kappa shape index (κ3) is 3.47. The molecular formula is C29H35N3O. The van der Waals surface area contributed by atoms with Gasteiger partial charge in [-0.15, -0.1) is 0 Å². The van der Waals surface area contributed by atoms with Gasteiger partial charge in [0.1, 0.15) is 11.7 Å². The Morgan fingerprint density at radius 1 is 0.939 bits per heavy atom. The van der Waals surface area contributed by atoms with Gasteiger partial charge in [-0.25, -0.2) is 4.98 Å². The first kappa shape index (κ1) is 21.8. The lowest BCUT2D eigenvalue weighted by Crippen LogP contribution is -2.50. The topological polar surface area (TPSA) is 32.5 Å². The maximum absolute atomic E-state index is 6.08. The molecule has 1 aliphatic heterocycles. The largest absolute Gasteiger partial charge is 0.438 e. The highest BCUT2D eigenvalue weighted by molar-refractivity contribution is 6.05. The SMILES string of the molecule is Cc1cc2oc3ncccc3c2cc1N1C(C(C)(C)C)N(c2ccccc2)C(C(C)C)[C@@H]1C. The molecule has 0 bridgehead atoms. The molecule has 3 heterocycles. The average molecular weight is 442 g/mol. The van der Waals surface area contributed by atoms with E-state index in [1.165, 1.54) is 16.9 Å². The lowest BCUT2D eigenvalue weighted by molar-refractivity contribution is 0.312. The Hall–Kier alpha value is -3.01. The zero-order chi connectivity index (χ0) is 23.5. The molecule has 4 nitrogen and oxygen atoms in total. The Morgan fingerprint density at radius 2 is 1.67 bits per heavy atom. The van der Waals surface area contributed by atoms with Crippen molar-refractivity contribution in [3.8, 4) is 0 Å². The Bertz CT molecular complexity index is 1280. The predicted molar refractivity (Wildman–Crippen MR) is 139 cm³/mol. The molecule has 4 aromatic rings. The molecule has 0 N–H and O–H groups in total. The van der Waals surface area contributed by atoms with Crippen molar-refractivity contribution in [2.75, 3.05) is 9.80 Å². The van der Waals surface area contributed by atoms with Gasteiger partial charge in [-0.05, 0) is 61.7 Å². The third-order valence-electron chi connectivity index (χ3n) is 7.14. The number of aryl methyl sites for hydroxylation is 1. The summed E-state index contributed by atoms with van der Waals surface area (Å²) < 4.78 is 6.08. The minimum absolute atomic E-state index is 0.0369. The van der Waals surface area contributed by atoms with Crippen LogP contribution >= 0.6 is 0 Å². The number of fused-ring (bicyclic) bond motifs is 3. The molecule has 2 aromatic carbocycles. The summed E-state index contributed by atoms with van der Waals surface area (Å²) >= 11 is 0. The minimum atomic E-state index is 0.0369. The minimum Gasteiger partial charge on any atom is -0.438 e. The van der Waals surface area contributed by atoms with Gasteiger partial charge < -0.3 is 14.2 Å². The summed E-state index contributed by atoms with van der Waals surface area (Å²) in [6.07, 6.45) is 2.01. The highest BCUT2D eigenvalue weighted by atomic mass is 16.3. The first-order valence-corrected chi connectivity index (χ1v) is 12.1. The van der Waals surface area contributed by atoms with Crippen molar-refractivity contribution in [3.05, 3.63) is 66.4 Å². The molecular weight excluding hydrogens is 406 g/mol. The van der Waals surface area contributed by atoms with E-state index in [1.807, 2.05) is 6.07 Å². The summed E-state index contributed by atoms with van der Waals surface area (Å²) in [6, 6.07) is 20.3. The second-order valence-electron chi connectivity index (χ2n) is 11.0. The first-order chi connectivity index (χ1) is 15.7. The second-order valence-corrected chi connectivity index (χ2v) is 11.0. The molecule has 5 rings (SSSR count). The molecule has 1 aliphatic rings. The van der Waals surface area contributed by atoms with Gasteiger partial charge in [0.25, 0.3) is 0 Å². The lowest BCUT2D eigenvalue weighted by Gasteiger charge is -2.43. The number of pyridine rings is 1. The Morgan fingerprint density at radius 3 is 2.33 bits per heavy atom. The third-order valence-corrected chi connectivity index (χ3v) is 7.14. The van der Waals surface area contributed by atoms with Crippen molar-refractivity contribution in [2.45, 2.75) is 66.7 Å². The van der Waals surface area contributed by atoms with Gasteiger partial charge in [0.15, 0.2) is 0 Å². The van der Waals surface area contributed by atoms with E-state index in [1.54, 1.807) is 6.20 Å². The summed E-state index contributed by atoms with van der Waals surface area (Å²) in [6.45, 7) is 16.4. The summed E-state index contributed by atoms with van der Waals surface area (Å²) in [5.41, 5.74) is 5.46. The fourth-order valence-corrected chi connectivity index (χ4v) is 5.92. The molecule has 1 saturated heterocycles. The Labute approximate surface area is 197 Å². The van der Waals surface area contributed by atoms with Gasteiger partial charge >= 0.3 is 0 Å². The molecule has 4 heteroatoms. The monoisotopic (exact) mass is 441 g/mol. The van der Waals surface area contributed by atoms with Crippen LogP contribution in [-0.4, -0.2) is 23.2 Å². The molecule has 2 unspecified atom stereocenters. The van der Waals surface area contributed by atoms with E-state index in [0.29, 0.717) is 23.7 Å². The zero-order valence-corrected chi connectivity index (χ0v) is 20.8. The van der Waals surface area contributed by atoms with Crippen molar-refractivity contribution in [2.24, 2.45) is 11.3 Å². The van der Waals surface area contributed by atoms with Crippen LogP contribution in [0.1, 0.15) is 47.1 Å². The van der Waals surface area contributed by atoms with Crippen LogP contribution in [0.3, 0.4) is 0 Å².